The van der Waals surface area contributed by atoms with E-state index in [9.17, 15) is 5.11 Å². The number of hydrogen-bond donors (Lipinski definition) is 1. The zero-order chi connectivity index (χ0) is 13.0. The number of halogens is 1. The Balaban J connectivity index is 2.03. The summed E-state index contributed by atoms with van der Waals surface area (Å²) in [4.78, 5) is 0. The highest BCUT2D eigenvalue weighted by atomic mass is 35.5. The lowest BCUT2D eigenvalue weighted by Crippen LogP contribution is -2.18. The van der Waals surface area contributed by atoms with Crippen molar-refractivity contribution in [2.75, 3.05) is 0 Å². The third-order valence-electron chi connectivity index (χ3n) is 3.26. The van der Waals surface area contributed by atoms with Crippen LogP contribution < -0.4 is 0 Å². The van der Waals surface area contributed by atoms with E-state index in [2.05, 4.69) is 19.1 Å². The van der Waals surface area contributed by atoms with Crippen molar-refractivity contribution in [1.82, 2.24) is 0 Å². The van der Waals surface area contributed by atoms with Gasteiger partial charge in [0, 0.05) is 10.9 Å². The third-order valence-corrected chi connectivity index (χ3v) is 3.51. The predicted octanol–water partition coefficient (Wildman–Crippen LogP) is 4.05. The quantitative estimate of drug-likeness (QED) is 0.879. The molecule has 2 aromatic carbocycles. The van der Waals surface area contributed by atoms with E-state index in [4.69, 9.17) is 11.6 Å². The fourth-order valence-electron chi connectivity index (χ4n) is 2.02. The van der Waals surface area contributed by atoms with Crippen LogP contribution in [0.5, 0.6) is 0 Å². The minimum atomic E-state index is -0.381. The molecule has 18 heavy (non-hydrogen) atoms. The molecule has 2 rings (SSSR count). The molecule has 0 aliphatic heterocycles. The molecular formula is C16H17ClO. The van der Waals surface area contributed by atoms with Crippen molar-refractivity contribution < 1.29 is 5.11 Å². The largest absolute Gasteiger partial charge is 0.392 e. The van der Waals surface area contributed by atoms with E-state index < -0.39 is 0 Å². The Morgan fingerprint density at radius 1 is 1.00 bits per heavy atom. The molecular weight excluding hydrogens is 244 g/mol. The van der Waals surface area contributed by atoms with Gasteiger partial charge >= 0.3 is 0 Å². The van der Waals surface area contributed by atoms with E-state index in [1.54, 1.807) is 0 Å². The van der Waals surface area contributed by atoms with Gasteiger partial charge in [0.2, 0.25) is 0 Å². The summed E-state index contributed by atoms with van der Waals surface area (Å²) in [7, 11) is 0. The average Bonchev–Trinajstić information content (AvgIpc) is 2.41. The molecule has 94 valence electrons. The van der Waals surface area contributed by atoms with E-state index in [0.29, 0.717) is 6.42 Å². The van der Waals surface area contributed by atoms with Crippen molar-refractivity contribution in [1.29, 1.82) is 0 Å². The molecule has 0 saturated carbocycles. The van der Waals surface area contributed by atoms with Gasteiger partial charge in [-0.05, 0) is 29.7 Å². The molecule has 0 heterocycles. The van der Waals surface area contributed by atoms with Gasteiger partial charge in [-0.15, -0.1) is 0 Å². The van der Waals surface area contributed by atoms with Gasteiger partial charge in [0.25, 0.3) is 0 Å². The number of rotatable bonds is 4. The van der Waals surface area contributed by atoms with E-state index >= 15 is 0 Å². The lowest BCUT2D eigenvalue weighted by Gasteiger charge is -2.19. The smallest absolute Gasteiger partial charge is 0.0646 e. The summed E-state index contributed by atoms with van der Waals surface area (Å²) < 4.78 is 0. The van der Waals surface area contributed by atoms with Gasteiger partial charge in [-0.3, -0.25) is 0 Å². The van der Waals surface area contributed by atoms with Crippen LogP contribution >= 0.6 is 11.6 Å². The Morgan fingerprint density at radius 3 is 2.22 bits per heavy atom. The minimum Gasteiger partial charge on any atom is -0.392 e. The molecule has 0 bridgehead atoms. The Kier molecular flexibility index (Phi) is 4.40. The maximum atomic E-state index is 10.3. The van der Waals surface area contributed by atoms with Crippen LogP contribution in [-0.4, -0.2) is 11.2 Å². The molecule has 0 aliphatic rings. The van der Waals surface area contributed by atoms with Crippen LogP contribution in [0.1, 0.15) is 24.0 Å². The lowest BCUT2D eigenvalue weighted by atomic mass is 9.91. The maximum Gasteiger partial charge on any atom is 0.0646 e. The Labute approximate surface area is 113 Å². The first-order valence-electron chi connectivity index (χ1n) is 6.14. The summed E-state index contributed by atoms with van der Waals surface area (Å²) >= 11 is 5.84. The predicted molar refractivity (Wildman–Crippen MR) is 76.0 cm³/mol. The summed E-state index contributed by atoms with van der Waals surface area (Å²) in [5, 5.41) is 11.0. The monoisotopic (exact) mass is 260 g/mol. The second kappa shape index (κ2) is 6.03. The molecule has 0 fully saturated rings. The Bertz CT molecular complexity index is 478. The van der Waals surface area contributed by atoms with E-state index in [0.717, 1.165) is 10.6 Å². The van der Waals surface area contributed by atoms with Gasteiger partial charge in [0.15, 0.2) is 0 Å². The zero-order valence-electron chi connectivity index (χ0n) is 10.4. The second-order valence-electron chi connectivity index (χ2n) is 4.60. The number of hydrogen-bond acceptors (Lipinski definition) is 1. The van der Waals surface area contributed by atoms with E-state index in [1.165, 1.54) is 5.56 Å². The van der Waals surface area contributed by atoms with Crippen molar-refractivity contribution in [2.24, 2.45) is 0 Å². The molecule has 0 radical (unpaired) electrons. The van der Waals surface area contributed by atoms with Crippen molar-refractivity contribution >= 4 is 11.6 Å². The maximum absolute atomic E-state index is 10.3. The van der Waals surface area contributed by atoms with Crippen LogP contribution in [0.15, 0.2) is 54.6 Å². The van der Waals surface area contributed by atoms with Crippen LogP contribution in [0.3, 0.4) is 0 Å². The van der Waals surface area contributed by atoms with E-state index in [1.807, 2.05) is 42.5 Å². The summed E-state index contributed by atoms with van der Waals surface area (Å²) in [6.45, 7) is 2.05. The number of aliphatic hydroxyl groups excluding tert-OH is 1. The molecule has 0 aliphatic carbocycles. The van der Waals surface area contributed by atoms with Crippen LogP contribution in [0.25, 0.3) is 0 Å². The summed E-state index contributed by atoms with van der Waals surface area (Å²) in [6, 6.07) is 17.7. The standard InChI is InChI=1S/C16H17ClO/c1-12(14-5-3-2-4-6-14)16(18)11-13-7-9-15(17)10-8-13/h2-10,12,16,18H,11H2,1H3. The molecule has 0 amide bonds. The topological polar surface area (TPSA) is 20.2 Å². The highest BCUT2D eigenvalue weighted by molar-refractivity contribution is 6.30. The highest BCUT2D eigenvalue weighted by Crippen LogP contribution is 2.22. The van der Waals surface area contributed by atoms with Gasteiger partial charge in [0.05, 0.1) is 6.10 Å². The second-order valence-corrected chi connectivity index (χ2v) is 5.03. The Hall–Kier alpha value is -1.31. The lowest BCUT2D eigenvalue weighted by molar-refractivity contribution is 0.149. The molecule has 2 unspecified atom stereocenters. The van der Waals surface area contributed by atoms with Crippen LogP contribution in [0.4, 0.5) is 0 Å². The molecule has 0 aromatic heterocycles. The molecule has 0 spiro atoms. The van der Waals surface area contributed by atoms with Crippen molar-refractivity contribution in [3.05, 3.63) is 70.7 Å². The van der Waals surface area contributed by atoms with Crippen molar-refractivity contribution in [3.63, 3.8) is 0 Å². The van der Waals surface area contributed by atoms with Crippen molar-refractivity contribution in [2.45, 2.75) is 25.4 Å². The fourth-order valence-corrected chi connectivity index (χ4v) is 2.14. The summed E-state index contributed by atoms with van der Waals surface area (Å²) in [6.07, 6.45) is 0.265. The first-order chi connectivity index (χ1) is 8.66. The molecule has 2 heteroatoms. The van der Waals surface area contributed by atoms with Gasteiger partial charge < -0.3 is 5.11 Å². The highest BCUT2D eigenvalue weighted by Gasteiger charge is 2.16. The first kappa shape index (κ1) is 13.1. The summed E-state index contributed by atoms with van der Waals surface area (Å²) in [5.74, 6) is 0.127. The van der Waals surface area contributed by atoms with E-state index in [-0.39, 0.29) is 12.0 Å². The summed E-state index contributed by atoms with van der Waals surface area (Å²) in [5.41, 5.74) is 2.27. The van der Waals surface area contributed by atoms with Crippen LogP contribution in [0, 0.1) is 0 Å². The van der Waals surface area contributed by atoms with Crippen LogP contribution in [0.2, 0.25) is 5.02 Å². The zero-order valence-corrected chi connectivity index (χ0v) is 11.1. The molecule has 2 aromatic rings. The Morgan fingerprint density at radius 2 is 1.61 bits per heavy atom. The molecule has 0 saturated heterocycles. The average molecular weight is 261 g/mol. The molecule has 1 N–H and O–H groups in total. The van der Waals surface area contributed by atoms with Crippen molar-refractivity contribution in [3.8, 4) is 0 Å². The van der Waals surface area contributed by atoms with Gasteiger partial charge in [-0.25, -0.2) is 0 Å². The van der Waals surface area contributed by atoms with Gasteiger partial charge in [0.1, 0.15) is 0 Å². The van der Waals surface area contributed by atoms with Gasteiger partial charge in [-0.2, -0.15) is 0 Å². The number of benzene rings is 2. The molecule has 1 nitrogen and oxygen atoms in total. The van der Waals surface area contributed by atoms with Gasteiger partial charge in [-0.1, -0.05) is 61.0 Å². The molecule has 2 atom stereocenters. The SMILES string of the molecule is CC(c1ccccc1)C(O)Cc1ccc(Cl)cc1. The van der Waals surface area contributed by atoms with Crippen LogP contribution in [-0.2, 0) is 6.42 Å². The third kappa shape index (κ3) is 3.34. The first-order valence-corrected chi connectivity index (χ1v) is 6.52. The normalized spacial score (nSPS) is 14.2. The fraction of sp³-hybridized carbons (Fsp3) is 0.250. The minimum absolute atomic E-state index is 0.127. The number of aliphatic hydroxyl groups is 1.